The van der Waals surface area contributed by atoms with Gasteiger partial charge in [0, 0.05) is 5.88 Å². The number of rotatable bonds is 1. The van der Waals surface area contributed by atoms with Gasteiger partial charge in [0.05, 0.1) is 0 Å². The van der Waals surface area contributed by atoms with Gasteiger partial charge < -0.3 is 10.8 Å². The standard InChI is InChI=1S/C3H5Cl.C2H7N.Na.H2O/c1-2-3-4;1-3-2;;/h2H,1,3H2;3H,1-2H3;;1H2/q;;+1;/p-1. The molecule has 0 aliphatic rings. The first-order valence-electron chi connectivity index (χ1n) is 2.08. The van der Waals surface area contributed by atoms with Crippen LogP contribution < -0.4 is 34.9 Å². The SMILES string of the molecule is C=CCCl.CNC.[Na+].[OH-]. The summed E-state index contributed by atoms with van der Waals surface area (Å²) in [5.74, 6) is 0.556. The van der Waals surface area contributed by atoms with Crippen molar-refractivity contribution < 1.29 is 35.0 Å². The van der Waals surface area contributed by atoms with Crippen LogP contribution in [0.5, 0.6) is 0 Å². The fraction of sp³-hybridized carbons (Fsp3) is 0.600. The number of nitrogens with one attached hydrogen (secondary N) is 1. The molecule has 0 saturated carbocycles. The van der Waals surface area contributed by atoms with E-state index in [9.17, 15) is 0 Å². The summed E-state index contributed by atoms with van der Waals surface area (Å²) in [6, 6.07) is 0. The summed E-state index contributed by atoms with van der Waals surface area (Å²) in [5, 5.41) is 2.75. The molecule has 0 heterocycles. The van der Waals surface area contributed by atoms with Gasteiger partial charge in [-0.05, 0) is 14.1 Å². The van der Waals surface area contributed by atoms with Crippen LogP contribution in [0.3, 0.4) is 0 Å². The van der Waals surface area contributed by atoms with Crippen LogP contribution in [0.4, 0.5) is 0 Å². The molecule has 2 nitrogen and oxygen atoms in total. The quantitative estimate of drug-likeness (QED) is 0.277. The van der Waals surface area contributed by atoms with E-state index in [1.165, 1.54) is 0 Å². The van der Waals surface area contributed by atoms with Crippen LogP contribution in [0, 0.1) is 0 Å². The van der Waals surface area contributed by atoms with Crippen molar-refractivity contribution in [2.75, 3.05) is 20.0 Å². The Hall–Kier alpha value is 0.950. The number of hydrogen-bond donors (Lipinski definition) is 1. The van der Waals surface area contributed by atoms with Gasteiger partial charge in [-0.3, -0.25) is 0 Å². The molecule has 0 aromatic rings. The molecular formula is C5H13ClNNaO. The van der Waals surface area contributed by atoms with Gasteiger partial charge in [-0.2, -0.15) is 0 Å². The zero-order valence-corrected chi connectivity index (χ0v) is 9.07. The van der Waals surface area contributed by atoms with Crippen LogP contribution in [-0.2, 0) is 0 Å². The third kappa shape index (κ3) is 114. The van der Waals surface area contributed by atoms with Crippen molar-refractivity contribution in [1.29, 1.82) is 0 Å². The smallest absolute Gasteiger partial charge is 0.870 e. The van der Waals surface area contributed by atoms with Crippen LogP contribution in [0.25, 0.3) is 0 Å². The van der Waals surface area contributed by atoms with E-state index in [1.54, 1.807) is 6.08 Å². The van der Waals surface area contributed by atoms with Gasteiger partial charge in [0.1, 0.15) is 0 Å². The molecule has 0 rings (SSSR count). The molecule has 0 aromatic carbocycles. The minimum absolute atomic E-state index is 0. The Morgan fingerprint density at radius 3 is 1.67 bits per heavy atom. The summed E-state index contributed by atoms with van der Waals surface area (Å²) in [6.07, 6.45) is 1.64. The van der Waals surface area contributed by atoms with Crippen LogP contribution in [0.1, 0.15) is 0 Å². The molecule has 0 aromatic heterocycles. The van der Waals surface area contributed by atoms with E-state index in [0.29, 0.717) is 5.88 Å². The van der Waals surface area contributed by atoms with Gasteiger partial charge in [-0.1, -0.05) is 6.08 Å². The molecule has 9 heavy (non-hydrogen) atoms. The van der Waals surface area contributed by atoms with E-state index in [2.05, 4.69) is 11.9 Å². The molecule has 52 valence electrons. The molecule has 0 unspecified atom stereocenters. The second kappa shape index (κ2) is 36.3. The zero-order valence-electron chi connectivity index (χ0n) is 6.32. The maximum Gasteiger partial charge on any atom is 1.00 e. The molecular weight excluding hydrogens is 149 g/mol. The number of alkyl halides is 1. The minimum atomic E-state index is 0. The van der Waals surface area contributed by atoms with Gasteiger partial charge in [0.25, 0.3) is 0 Å². The average Bonchev–Trinajstić information content (AvgIpc) is 1.69. The fourth-order valence-electron chi connectivity index (χ4n) is 0. The second-order valence-electron chi connectivity index (χ2n) is 0.943. The van der Waals surface area contributed by atoms with E-state index in [1.807, 2.05) is 14.1 Å². The van der Waals surface area contributed by atoms with E-state index in [0.717, 1.165) is 0 Å². The van der Waals surface area contributed by atoms with Crippen LogP contribution in [0.2, 0.25) is 0 Å². The van der Waals surface area contributed by atoms with E-state index in [-0.39, 0.29) is 35.0 Å². The van der Waals surface area contributed by atoms with Gasteiger partial charge in [0.2, 0.25) is 0 Å². The Kier molecular flexibility index (Phi) is 90.7. The van der Waals surface area contributed by atoms with E-state index < -0.39 is 0 Å². The van der Waals surface area contributed by atoms with Gasteiger partial charge in [-0.25, -0.2) is 0 Å². The maximum atomic E-state index is 5.07. The van der Waals surface area contributed by atoms with E-state index in [4.69, 9.17) is 11.6 Å². The number of hydrogen-bond acceptors (Lipinski definition) is 2. The molecule has 0 fully saturated rings. The Bertz CT molecular complexity index is 38.1. The fourth-order valence-corrected chi connectivity index (χ4v) is 0. The van der Waals surface area contributed by atoms with Crippen molar-refractivity contribution in [1.82, 2.24) is 5.32 Å². The monoisotopic (exact) mass is 161 g/mol. The summed E-state index contributed by atoms with van der Waals surface area (Å²) < 4.78 is 0. The molecule has 0 radical (unpaired) electrons. The van der Waals surface area contributed by atoms with Crippen molar-refractivity contribution in [3.8, 4) is 0 Å². The van der Waals surface area contributed by atoms with Crippen LogP contribution in [-0.4, -0.2) is 25.5 Å². The predicted octanol–water partition coefficient (Wildman–Crippen LogP) is -1.93. The van der Waals surface area contributed by atoms with Gasteiger partial charge in [-0.15, -0.1) is 18.2 Å². The Labute approximate surface area is 84.3 Å². The molecule has 0 atom stereocenters. The Morgan fingerprint density at radius 2 is 1.67 bits per heavy atom. The Morgan fingerprint density at radius 1 is 1.56 bits per heavy atom. The molecule has 0 aliphatic heterocycles. The van der Waals surface area contributed by atoms with Crippen LogP contribution in [0.15, 0.2) is 12.7 Å². The van der Waals surface area contributed by atoms with Gasteiger partial charge in [0.15, 0.2) is 0 Å². The largest absolute Gasteiger partial charge is 1.00 e. The predicted molar refractivity (Wildman–Crippen MR) is 37.8 cm³/mol. The summed E-state index contributed by atoms with van der Waals surface area (Å²) >= 11 is 5.07. The maximum absolute atomic E-state index is 5.07. The third-order valence-electron chi connectivity index (χ3n) is 0.109. The molecule has 0 aliphatic carbocycles. The van der Waals surface area contributed by atoms with Gasteiger partial charge >= 0.3 is 29.6 Å². The first-order valence-corrected chi connectivity index (χ1v) is 2.62. The molecule has 2 N–H and O–H groups in total. The minimum Gasteiger partial charge on any atom is -0.870 e. The summed E-state index contributed by atoms with van der Waals surface area (Å²) in [5.41, 5.74) is 0. The molecule has 0 spiro atoms. The normalized spacial score (nSPS) is 4.78. The van der Waals surface area contributed by atoms with Crippen molar-refractivity contribution in [3.63, 3.8) is 0 Å². The zero-order chi connectivity index (χ0) is 6.12. The number of halogens is 1. The molecule has 0 bridgehead atoms. The van der Waals surface area contributed by atoms with Crippen molar-refractivity contribution in [3.05, 3.63) is 12.7 Å². The Balaban J connectivity index is -0.0000000233. The first-order chi connectivity index (χ1) is 3.33. The van der Waals surface area contributed by atoms with Crippen molar-refractivity contribution in [2.45, 2.75) is 0 Å². The topological polar surface area (TPSA) is 42.0 Å². The number of allylic oxidation sites excluding steroid dienone is 1. The summed E-state index contributed by atoms with van der Waals surface area (Å²) in [7, 11) is 3.75. The van der Waals surface area contributed by atoms with E-state index >= 15 is 0 Å². The average molecular weight is 162 g/mol. The molecule has 0 saturated heterocycles. The van der Waals surface area contributed by atoms with Crippen molar-refractivity contribution >= 4 is 11.6 Å². The molecule has 0 amide bonds. The van der Waals surface area contributed by atoms with Crippen LogP contribution >= 0.6 is 11.6 Å². The first kappa shape index (κ1) is 22.5. The second-order valence-corrected chi connectivity index (χ2v) is 1.25. The molecule has 4 heteroatoms. The summed E-state index contributed by atoms with van der Waals surface area (Å²) in [4.78, 5) is 0. The summed E-state index contributed by atoms with van der Waals surface area (Å²) in [6.45, 7) is 3.35. The van der Waals surface area contributed by atoms with Crippen molar-refractivity contribution in [2.24, 2.45) is 0 Å². The third-order valence-corrected chi connectivity index (χ3v) is 0.327.